The van der Waals surface area contributed by atoms with Crippen LogP contribution >= 0.6 is 0 Å². The van der Waals surface area contributed by atoms with Crippen LogP contribution in [0.2, 0.25) is 0 Å². The summed E-state index contributed by atoms with van der Waals surface area (Å²) in [7, 11) is 1.60. The zero-order valence-electron chi connectivity index (χ0n) is 15.7. The molecule has 1 aliphatic rings. The smallest absolute Gasteiger partial charge is 0.331 e. The first-order valence-electron chi connectivity index (χ1n) is 8.93. The topological polar surface area (TPSA) is 55.8 Å². The summed E-state index contributed by atoms with van der Waals surface area (Å²) in [4.78, 5) is 26.6. The highest BCUT2D eigenvalue weighted by molar-refractivity contribution is 6.00. The predicted molar refractivity (Wildman–Crippen MR) is 105 cm³/mol. The van der Waals surface area contributed by atoms with Crippen molar-refractivity contribution in [1.29, 1.82) is 0 Å². The van der Waals surface area contributed by atoms with Crippen LogP contribution in [0.15, 0.2) is 54.6 Å². The number of hydrogen-bond donors (Lipinski definition) is 0. The minimum Gasteiger partial charge on any atom is -0.497 e. The molecule has 0 fully saturated rings. The normalized spacial score (nSPS) is 16.9. The maximum Gasteiger partial charge on any atom is 0.331 e. The minimum atomic E-state index is -0.855. The SMILES string of the molecule is COc1ccc(/C=C/C(=O)O[C@@H](C)C(=O)N2c3ccccc3C[C@@H]2C)cc1. The van der Waals surface area contributed by atoms with Gasteiger partial charge in [-0.3, -0.25) is 4.79 Å². The summed E-state index contributed by atoms with van der Waals surface area (Å²) in [6.07, 6.45) is 2.92. The lowest BCUT2D eigenvalue weighted by atomic mass is 10.1. The summed E-state index contributed by atoms with van der Waals surface area (Å²) < 4.78 is 10.4. The van der Waals surface area contributed by atoms with Gasteiger partial charge in [0.1, 0.15) is 5.75 Å². The molecule has 1 aliphatic heterocycles. The largest absolute Gasteiger partial charge is 0.497 e. The van der Waals surface area contributed by atoms with Gasteiger partial charge in [-0.1, -0.05) is 30.3 Å². The number of ether oxygens (including phenoxy) is 2. The maximum absolute atomic E-state index is 12.8. The molecule has 5 nitrogen and oxygen atoms in total. The van der Waals surface area contributed by atoms with Crippen LogP contribution in [0.4, 0.5) is 5.69 Å². The van der Waals surface area contributed by atoms with E-state index in [1.807, 2.05) is 55.5 Å². The molecule has 0 radical (unpaired) electrons. The Labute approximate surface area is 159 Å². The van der Waals surface area contributed by atoms with E-state index in [-0.39, 0.29) is 11.9 Å². The van der Waals surface area contributed by atoms with Crippen LogP contribution in [0, 0.1) is 0 Å². The summed E-state index contributed by atoms with van der Waals surface area (Å²) in [5, 5.41) is 0. The molecule has 0 spiro atoms. The Morgan fingerprint density at radius 2 is 1.85 bits per heavy atom. The molecular weight excluding hydrogens is 342 g/mol. The molecule has 0 N–H and O–H groups in total. The van der Waals surface area contributed by atoms with E-state index in [0.717, 1.165) is 29.0 Å². The predicted octanol–water partition coefficient (Wildman–Crippen LogP) is 3.62. The van der Waals surface area contributed by atoms with Gasteiger partial charge >= 0.3 is 5.97 Å². The van der Waals surface area contributed by atoms with Crippen LogP contribution in [-0.2, 0) is 20.7 Å². The number of methoxy groups -OCH3 is 1. The fourth-order valence-electron chi connectivity index (χ4n) is 3.24. The molecule has 0 unspecified atom stereocenters. The molecule has 5 heteroatoms. The van der Waals surface area contributed by atoms with E-state index in [9.17, 15) is 9.59 Å². The number of benzene rings is 2. The lowest BCUT2D eigenvalue weighted by Crippen LogP contribution is -2.43. The Hall–Kier alpha value is -3.08. The van der Waals surface area contributed by atoms with Gasteiger partial charge in [0.05, 0.1) is 7.11 Å². The van der Waals surface area contributed by atoms with Gasteiger partial charge in [-0.15, -0.1) is 0 Å². The molecule has 0 saturated carbocycles. The molecule has 1 amide bonds. The van der Waals surface area contributed by atoms with Crippen LogP contribution in [0.3, 0.4) is 0 Å². The van der Waals surface area contributed by atoms with Crippen molar-refractivity contribution in [2.75, 3.05) is 12.0 Å². The molecule has 27 heavy (non-hydrogen) atoms. The second-order valence-corrected chi connectivity index (χ2v) is 6.58. The molecule has 2 aromatic carbocycles. The molecule has 0 saturated heterocycles. The number of esters is 1. The Balaban J connectivity index is 1.62. The Morgan fingerprint density at radius 3 is 2.56 bits per heavy atom. The van der Waals surface area contributed by atoms with E-state index in [4.69, 9.17) is 9.47 Å². The Kier molecular flexibility index (Phi) is 5.60. The molecule has 2 atom stereocenters. The quantitative estimate of drug-likeness (QED) is 0.600. The highest BCUT2D eigenvalue weighted by Crippen LogP contribution is 2.32. The average Bonchev–Trinajstić information content (AvgIpc) is 3.01. The zero-order chi connectivity index (χ0) is 19.4. The number of para-hydroxylation sites is 1. The summed E-state index contributed by atoms with van der Waals surface area (Å²) in [6.45, 7) is 3.60. The third kappa shape index (κ3) is 4.19. The maximum atomic E-state index is 12.8. The molecule has 1 heterocycles. The number of carbonyl (C=O) groups excluding carboxylic acids is 2. The van der Waals surface area contributed by atoms with Crippen LogP contribution in [-0.4, -0.2) is 31.1 Å². The van der Waals surface area contributed by atoms with E-state index in [1.165, 1.54) is 6.08 Å². The van der Waals surface area contributed by atoms with E-state index >= 15 is 0 Å². The van der Waals surface area contributed by atoms with Gasteiger partial charge in [-0.2, -0.15) is 0 Å². The van der Waals surface area contributed by atoms with Crippen LogP contribution in [0.1, 0.15) is 25.0 Å². The second kappa shape index (κ2) is 8.08. The van der Waals surface area contributed by atoms with Crippen molar-refractivity contribution in [1.82, 2.24) is 0 Å². The molecule has 2 aromatic rings. The van der Waals surface area contributed by atoms with Gasteiger partial charge in [0.2, 0.25) is 0 Å². The average molecular weight is 365 g/mol. The Bertz CT molecular complexity index is 857. The number of anilines is 1. The van der Waals surface area contributed by atoms with Crippen LogP contribution < -0.4 is 9.64 Å². The van der Waals surface area contributed by atoms with E-state index in [2.05, 4.69) is 0 Å². The lowest BCUT2D eigenvalue weighted by Gasteiger charge is -2.25. The van der Waals surface area contributed by atoms with Gasteiger partial charge in [0, 0.05) is 17.8 Å². The number of carbonyl (C=O) groups is 2. The van der Waals surface area contributed by atoms with Crippen molar-refractivity contribution in [3.05, 3.63) is 65.7 Å². The monoisotopic (exact) mass is 365 g/mol. The van der Waals surface area contributed by atoms with Crippen LogP contribution in [0.25, 0.3) is 6.08 Å². The molecule has 0 bridgehead atoms. The molecule has 140 valence electrons. The van der Waals surface area contributed by atoms with Crippen molar-refractivity contribution in [2.24, 2.45) is 0 Å². The van der Waals surface area contributed by atoms with Crippen molar-refractivity contribution in [2.45, 2.75) is 32.4 Å². The third-order valence-corrected chi connectivity index (χ3v) is 4.61. The highest BCUT2D eigenvalue weighted by atomic mass is 16.5. The first-order valence-corrected chi connectivity index (χ1v) is 8.93. The van der Waals surface area contributed by atoms with Gasteiger partial charge in [0.15, 0.2) is 6.10 Å². The first-order chi connectivity index (χ1) is 13.0. The van der Waals surface area contributed by atoms with Gasteiger partial charge in [-0.25, -0.2) is 4.79 Å². The van der Waals surface area contributed by atoms with Crippen molar-refractivity contribution in [3.8, 4) is 5.75 Å². The van der Waals surface area contributed by atoms with E-state index in [0.29, 0.717) is 0 Å². The molecule has 3 rings (SSSR count). The van der Waals surface area contributed by atoms with Crippen molar-refractivity contribution >= 4 is 23.6 Å². The molecule has 0 aliphatic carbocycles. The summed E-state index contributed by atoms with van der Waals surface area (Å²) >= 11 is 0. The first kappa shape index (κ1) is 18.7. The molecule has 0 aromatic heterocycles. The van der Waals surface area contributed by atoms with Crippen molar-refractivity contribution < 1.29 is 19.1 Å². The Morgan fingerprint density at radius 1 is 1.15 bits per heavy atom. The van der Waals surface area contributed by atoms with Crippen LogP contribution in [0.5, 0.6) is 5.75 Å². The highest BCUT2D eigenvalue weighted by Gasteiger charge is 2.34. The second-order valence-electron chi connectivity index (χ2n) is 6.58. The minimum absolute atomic E-state index is 0.0471. The third-order valence-electron chi connectivity index (χ3n) is 4.61. The lowest BCUT2D eigenvalue weighted by molar-refractivity contribution is -0.149. The standard InChI is InChI=1S/C22H23NO4/c1-15-14-18-6-4-5-7-20(18)23(15)22(25)16(2)27-21(24)13-10-17-8-11-19(26-3)12-9-17/h4-13,15-16H,14H2,1-3H3/b13-10+/t15-,16-/m0/s1. The number of fused-ring (bicyclic) bond motifs is 1. The number of rotatable bonds is 5. The van der Waals surface area contributed by atoms with Gasteiger partial charge in [-0.05, 0) is 55.7 Å². The number of hydrogen-bond acceptors (Lipinski definition) is 4. The fraction of sp³-hybridized carbons (Fsp3) is 0.273. The molecular formula is C22H23NO4. The van der Waals surface area contributed by atoms with Gasteiger partial charge in [0.25, 0.3) is 5.91 Å². The summed E-state index contributed by atoms with van der Waals surface area (Å²) in [6, 6.07) is 15.2. The number of amides is 1. The van der Waals surface area contributed by atoms with Crippen molar-refractivity contribution in [3.63, 3.8) is 0 Å². The van der Waals surface area contributed by atoms with E-state index in [1.54, 1.807) is 25.0 Å². The van der Waals surface area contributed by atoms with Gasteiger partial charge < -0.3 is 14.4 Å². The summed E-state index contributed by atoms with van der Waals surface area (Å²) in [5.74, 6) is -0.0144. The van der Waals surface area contributed by atoms with E-state index < -0.39 is 12.1 Å². The summed E-state index contributed by atoms with van der Waals surface area (Å²) in [5.41, 5.74) is 2.87. The zero-order valence-corrected chi connectivity index (χ0v) is 15.7. The fourth-order valence-corrected chi connectivity index (χ4v) is 3.24. The number of nitrogens with zero attached hydrogens (tertiary/aromatic N) is 1.